The quantitative estimate of drug-likeness (QED) is 0.910. The van der Waals surface area contributed by atoms with Gasteiger partial charge < -0.3 is 5.32 Å². The lowest BCUT2D eigenvalue weighted by molar-refractivity contribution is -0.115. The van der Waals surface area contributed by atoms with E-state index in [-0.39, 0.29) is 12.0 Å². The van der Waals surface area contributed by atoms with Crippen LogP contribution in [0.15, 0.2) is 46.9 Å². The predicted octanol–water partition coefficient (Wildman–Crippen LogP) is 3.91. The zero-order valence-corrected chi connectivity index (χ0v) is 11.4. The van der Waals surface area contributed by atoms with E-state index in [1.54, 1.807) is 18.2 Å². The summed E-state index contributed by atoms with van der Waals surface area (Å²) in [6.45, 7) is 0. The Hall–Kier alpha value is -1.75. The zero-order chi connectivity index (χ0) is 13.8. The van der Waals surface area contributed by atoms with Crippen LogP contribution in [0.4, 0.5) is 14.5 Å². The number of carbonyl (C=O) groups is 1. The zero-order valence-electron chi connectivity index (χ0n) is 9.79. The molecule has 19 heavy (non-hydrogen) atoms. The summed E-state index contributed by atoms with van der Waals surface area (Å²) in [5.74, 6) is -1.29. The Morgan fingerprint density at radius 2 is 1.95 bits per heavy atom. The molecule has 0 heterocycles. The van der Waals surface area contributed by atoms with Gasteiger partial charge in [-0.2, -0.15) is 0 Å². The van der Waals surface area contributed by atoms with E-state index in [1.165, 1.54) is 24.3 Å². The summed E-state index contributed by atoms with van der Waals surface area (Å²) in [6, 6.07) is 9.93. The summed E-state index contributed by atoms with van der Waals surface area (Å²) in [5.41, 5.74) is 0.628. The first-order valence-corrected chi connectivity index (χ1v) is 6.33. The molecule has 2 nitrogen and oxygen atoms in total. The molecule has 0 aliphatic carbocycles. The van der Waals surface area contributed by atoms with Gasteiger partial charge in [-0.05, 0) is 42.0 Å². The van der Waals surface area contributed by atoms with Crippen molar-refractivity contribution >= 4 is 27.5 Å². The second-order valence-corrected chi connectivity index (χ2v) is 4.89. The molecule has 2 aromatic rings. The second kappa shape index (κ2) is 5.93. The summed E-state index contributed by atoms with van der Waals surface area (Å²) in [4.78, 5) is 11.7. The molecule has 0 radical (unpaired) electrons. The van der Waals surface area contributed by atoms with Crippen molar-refractivity contribution in [1.29, 1.82) is 0 Å². The number of amides is 1. The van der Waals surface area contributed by atoms with E-state index in [0.29, 0.717) is 10.2 Å². The molecular formula is C14H10BrF2NO. The average Bonchev–Trinajstić information content (AvgIpc) is 2.34. The highest BCUT2D eigenvalue weighted by molar-refractivity contribution is 9.10. The summed E-state index contributed by atoms with van der Waals surface area (Å²) in [7, 11) is 0. The highest BCUT2D eigenvalue weighted by atomic mass is 79.9. The van der Waals surface area contributed by atoms with Crippen LogP contribution in [0.2, 0.25) is 0 Å². The molecule has 0 spiro atoms. The van der Waals surface area contributed by atoms with Crippen LogP contribution in [-0.2, 0) is 11.2 Å². The van der Waals surface area contributed by atoms with Crippen LogP contribution in [-0.4, -0.2) is 5.91 Å². The Balaban J connectivity index is 2.07. The van der Waals surface area contributed by atoms with Crippen molar-refractivity contribution in [2.45, 2.75) is 6.42 Å². The smallest absolute Gasteiger partial charge is 0.228 e. The minimum Gasteiger partial charge on any atom is -0.326 e. The van der Waals surface area contributed by atoms with Crippen molar-refractivity contribution in [3.8, 4) is 0 Å². The molecule has 98 valence electrons. The molecule has 0 aromatic heterocycles. The van der Waals surface area contributed by atoms with E-state index < -0.39 is 17.5 Å². The van der Waals surface area contributed by atoms with Crippen molar-refractivity contribution in [2.75, 3.05) is 5.32 Å². The molecule has 1 N–H and O–H groups in total. The molecule has 2 aromatic carbocycles. The van der Waals surface area contributed by atoms with Gasteiger partial charge >= 0.3 is 0 Å². The Morgan fingerprint density at radius 1 is 1.16 bits per heavy atom. The first-order valence-electron chi connectivity index (χ1n) is 5.54. The van der Waals surface area contributed by atoms with E-state index in [4.69, 9.17) is 0 Å². The summed E-state index contributed by atoms with van der Waals surface area (Å²) >= 11 is 3.21. The number of anilines is 1. The molecule has 0 atom stereocenters. The number of nitrogens with one attached hydrogen (secondary N) is 1. The standard InChI is InChI=1S/C14H10BrF2NO/c15-10-4-5-13(17)9(6-10)7-14(19)18-12-3-1-2-11(16)8-12/h1-6,8H,7H2,(H,18,19). The van der Waals surface area contributed by atoms with Gasteiger partial charge in [-0.25, -0.2) is 8.78 Å². The molecule has 2 rings (SSSR count). The molecular weight excluding hydrogens is 316 g/mol. The van der Waals surface area contributed by atoms with Gasteiger partial charge in [-0.1, -0.05) is 22.0 Å². The van der Waals surface area contributed by atoms with Crippen molar-refractivity contribution < 1.29 is 13.6 Å². The maximum atomic E-state index is 13.5. The third-order valence-corrected chi connectivity index (χ3v) is 2.96. The third kappa shape index (κ3) is 3.86. The van der Waals surface area contributed by atoms with Crippen molar-refractivity contribution in [3.05, 3.63) is 64.1 Å². The van der Waals surface area contributed by atoms with E-state index in [2.05, 4.69) is 21.2 Å². The summed E-state index contributed by atoms with van der Waals surface area (Å²) in [5, 5.41) is 2.52. The maximum absolute atomic E-state index is 13.5. The molecule has 0 bridgehead atoms. The second-order valence-electron chi connectivity index (χ2n) is 3.97. The Labute approximate surface area is 117 Å². The van der Waals surface area contributed by atoms with Crippen molar-refractivity contribution in [3.63, 3.8) is 0 Å². The molecule has 0 aliphatic heterocycles. The largest absolute Gasteiger partial charge is 0.326 e. The van der Waals surface area contributed by atoms with Crippen LogP contribution in [0.3, 0.4) is 0 Å². The Morgan fingerprint density at radius 3 is 2.68 bits per heavy atom. The van der Waals surface area contributed by atoms with Crippen LogP contribution in [0.5, 0.6) is 0 Å². The summed E-state index contributed by atoms with van der Waals surface area (Å²) in [6.07, 6.45) is -0.109. The van der Waals surface area contributed by atoms with Gasteiger partial charge in [0.05, 0.1) is 6.42 Å². The Kier molecular flexibility index (Phi) is 4.27. The molecule has 0 saturated heterocycles. The fourth-order valence-corrected chi connectivity index (χ4v) is 2.03. The molecule has 0 saturated carbocycles. The monoisotopic (exact) mass is 325 g/mol. The summed E-state index contributed by atoms with van der Waals surface area (Å²) < 4.78 is 27.1. The van der Waals surface area contributed by atoms with Gasteiger partial charge in [-0.3, -0.25) is 4.79 Å². The van der Waals surface area contributed by atoms with E-state index >= 15 is 0 Å². The van der Waals surface area contributed by atoms with Crippen LogP contribution in [0.1, 0.15) is 5.56 Å². The molecule has 0 unspecified atom stereocenters. The lowest BCUT2D eigenvalue weighted by Gasteiger charge is -2.06. The highest BCUT2D eigenvalue weighted by Crippen LogP contribution is 2.17. The van der Waals surface area contributed by atoms with Crippen molar-refractivity contribution in [2.24, 2.45) is 0 Å². The SMILES string of the molecule is O=C(Cc1cc(Br)ccc1F)Nc1cccc(F)c1. The predicted molar refractivity (Wildman–Crippen MR) is 72.8 cm³/mol. The van der Waals surface area contributed by atoms with E-state index in [1.807, 2.05) is 0 Å². The van der Waals surface area contributed by atoms with Crippen LogP contribution in [0, 0.1) is 11.6 Å². The van der Waals surface area contributed by atoms with Gasteiger partial charge in [0.2, 0.25) is 5.91 Å². The maximum Gasteiger partial charge on any atom is 0.228 e. The van der Waals surface area contributed by atoms with Crippen LogP contribution < -0.4 is 5.32 Å². The van der Waals surface area contributed by atoms with Crippen molar-refractivity contribution in [1.82, 2.24) is 0 Å². The molecule has 5 heteroatoms. The first kappa shape index (κ1) is 13.7. The molecule has 0 aliphatic rings. The topological polar surface area (TPSA) is 29.1 Å². The normalized spacial score (nSPS) is 10.3. The first-order chi connectivity index (χ1) is 9.04. The fourth-order valence-electron chi connectivity index (χ4n) is 1.62. The van der Waals surface area contributed by atoms with Gasteiger partial charge in [0.25, 0.3) is 0 Å². The molecule has 1 amide bonds. The molecule has 0 fully saturated rings. The van der Waals surface area contributed by atoms with Gasteiger partial charge in [-0.15, -0.1) is 0 Å². The van der Waals surface area contributed by atoms with Crippen LogP contribution >= 0.6 is 15.9 Å². The highest BCUT2D eigenvalue weighted by Gasteiger charge is 2.09. The fraction of sp³-hybridized carbons (Fsp3) is 0.0714. The number of rotatable bonds is 3. The Bertz CT molecular complexity index is 616. The van der Waals surface area contributed by atoms with Gasteiger partial charge in [0.1, 0.15) is 11.6 Å². The lowest BCUT2D eigenvalue weighted by atomic mass is 10.1. The average molecular weight is 326 g/mol. The number of carbonyl (C=O) groups excluding carboxylic acids is 1. The van der Waals surface area contributed by atoms with E-state index in [0.717, 1.165) is 0 Å². The van der Waals surface area contributed by atoms with E-state index in [9.17, 15) is 13.6 Å². The minimum absolute atomic E-state index is 0.109. The van der Waals surface area contributed by atoms with Gasteiger partial charge in [0.15, 0.2) is 0 Å². The number of hydrogen-bond acceptors (Lipinski definition) is 1. The third-order valence-electron chi connectivity index (χ3n) is 2.47. The number of halogens is 3. The number of benzene rings is 2. The lowest BCUT2D eigenvalue weighted by Crippen LogP contribution is -2.15. The minimum atomic E-state index is -0.447. The van der Waals surface area contributed by atoms with Crippen LogP contribution in [0.25, 0.3) is 0 Å². The number of hydrogen-bond donors (Lipinski definition) is 1. The van der Waals surface area contributed by atoms with Gasteiger partial charge in [0, 0.05) is 10.2 Å².